The molecular weight excluding hydrogens is 352 g/mol. The van der Waals surface area contributed by atoms with E-state index in [1.54, 1.807) is 0 Å². The smallest absolute Gasteiger partial charge is 0.160 e. The molecule has 3 rings (SSSR count). The Bertz CT molecular complexity index is 640. The van der Waals surface area contributed by atoms with Crippen molar-refractivity contribution in [2.45, 2.75) is 31.7 Å². The van der Waals surface area contributed by atoms with Gasteiger partial charge in [-0.2, -0.15) is 0 Å². The van der Waals surface area contributed by atoms with Crippen LogP contribution in [0.3, 0.4) is 0 Å². The molecule has 0 bridgehead atoms. The summed E-state index contributed by atoms with van der Waals surface area (Å²) in [7, 11) is 2.19. The van der Waals surface area contributed by atoms with Gasteiger partial charge in [-0.05, 0) is 61.3 Å². The van der Waals surface area contributed by atoms with Crippen LogP contribution in [0, 0.1) is 5.92 Å². The Labute approximate surface area is 138 Å². The van der Waals surface area contributed by atoms with E-state index in [2.05, 4.69) is 42.4 Å². The summed E-state index contributed by atoms with van der Waals surface area (Å²) >= 11 is 9.79. The molecule has 0 spiro atoms. The highest BCUT2D eigenvalue weighted by Gasteiger charge is 2.22. The summed E-state index contributed by atoms with van der Waals surface area (Å²) < 4.78 is 3.16. The minimum Gasteiger partial charge on any atom is -0.311 e. The normalized spacial score (nSPS) is 21.8. The van der Waals surface area contributed by atoms with Crippen LogP contribution in [0.25, 0.3) is 11.2 Å². The van der Waals surface area contributed by atoms with Crippen molar-refractivity contribution in [2.24, 2.45) is 5.92 Å². The molecule has 1 fully saturated rings. The summed E-state index contributed by atoms with van der Waals surface area (Å²) in [5, 5.41) is -0.112. The second-order valence-electron chi connectivity index (χ2n) is 5.96. The topological polar surface area (TPSA) is 34.0 Å². The van der Waals surface area contributed by atoms with E-state index in [9.17, 15) is 0 Å². The number of piperidine rings is 1. The predicted octanol–water partition coefficient (Wildman–Crippen LogP) is 3.84. The van der Waals surface area contributed by atoms with Gasteiger partial charge in [0.2, 0.25) is 0 Å². The van der Waals surface area contributed by atoms with Gasteiger partial charge in [0, 0.05) is 23.8 Å². The van der Waals surface area contributed by atoms with Crippen LogP contribution in [0.1, 0.15) is 31.0 Å². The van der Waals surface area contributed by atoms with Crippen LogP contribution in [0.15, 0.2) is 16.7 Å². The number of halogens is 2. The van der Waals surface area contributed by atoms with Crippen molar-refractivity contribution in [3.63, 3.8) is 0 Å². The van der Waals surface area contributed by atoms with Crippen molar-refractivity contribution >= 4 is 38.7 Å². The Balaban J connectivity index is 1.97. The van der Waals surface area contributed by atoms with Gasteiger partial charge < -0.3 is 9.47 Å². The minimum absolute atomic E-state index is 0.112. The van der Waals surface area contributed by atoms with E-state index < -0.39 is 0 Å². The lowest BCUT2D eigenvalue weighted by Gasteiger charge is -2.30. The maximum Gasteiger partial charge on any atom is 0.160 e. The number of likely N-dealkylation sites (tertiary alicyclic amines) is 1. The number of alkyl halides is 1. The number of rotatable bonds is 3. The molecular formula is C15H20BrClN4. The molecule has 0 radical (unpaired) electrons. The van der Waals surface area contributed by atoms with E-state index in [4.69, 9.17) is 11.6 Å². The van der Waals surface area contributed by atoms with E-state index in [0.29, 0.717) is 5.92 Å². The third kappa shape index (κ3) is 3.25. The van der Waals surface area contributed by atoms with Crippen molar-refractivity contribution < 1.29 is 0 Å². The maximum absolute atomic E-state index is 6.33. The van der Waals surface area contributed by atoms with Crippen LogP contribution in [0.2, 0.25) is 0 Å². The van der Waals surface area contributed by atoms with Crippen molar-refractivity contribution in [3.05, 3.63) is 22.6 Å². The molecule has 21 heavy (non-hydrogen) atoms. The van der Waals surface area contributed by atoms with E-state index in [0.717, 1.165) is 34.6 Å². The van der Waals surface area contributed by atoms with E-state index >= 15 is 0 Å². The molecule has 4 nitrogen and oxygen atoms in total. The molecule has 1 aliphatic rings. The monoisotopic (exact) mass is 370 g/mol. The number of imidazole rings is 1. The SMILES string of the molecule is CC(Cl)c1nc2cc(Br)cnc2n1CC1CCCN(C)C1. The van der Waals surface area contributed by atoms with Crippen LogP contribution in [-0.4, -0.2) is 39.6 Å². The Morgan fingerprint density at radius 1 is 1.52 bits per heavy atom. The summed E-state index contributed by atoms with van der Waals surface area (Å²) in [5.74, 6) is 1.56. The number of fused-ring (bicyclic) bond motifs is 1. The van der Waals surface area contributed by atoms with Gasteiger partial charge in [-0.25, -0.2) is 9.97 Å². The number of nitrogens with zero attached hydrogens (tertiary/aromatic N) is 4. The summed E-state index contributed by atoms with van der Waals surface area (Å²) in [6, 6.07) is 2.01. The second kappa shape index (κ2) is 6.23. The summed E-state index contributed by atoms with van der Waals surface area (Å²) in [4.78, 5) is 11.6. The Hall–Kier alpha value is -0.650. The molecule has 6 heteroatoms. The predicted molar refractivity (Wildman–Crippen MR) is 89.7 cm³/mol. The van der Waals surface area contributed by atoms with Gasteiger partial charge in [0.15, 0.2) is 5.65 Å². The highest BCUT2D eigenvalue weighted by molar-refractivity contribution is 9.10. The van der Waals surface area contributed by atoms with Crippen LogP contribution >= 0.6 is 27.5 Å². The third-order valence-electron chi connectivity index (χ3n) is 4.10. The molecule has 1 aliphatic heterocycles. The lowest BCUT2D eigenvalue weighted by atomic mass is 9.98. The fourth-order valence-corrected chi connectivity index (χ4v) is 3.65. The van der Waals surface area contributed by atoms with Gasteiger partial charge in [0.05, 0.1) is 5.38 Å². The molecule has 3 heterocycles. The molecule has 1 saturated heterocycles. The highest BCUT2D eigenvalue weighted by Crippen LogP contribution is 2.27. The van der Waals surface area contributed by atoms with Crippen molar-refractivity contribution in [1.82, 2.24) is 19.4 Å². The Morgan fingerprint density at radius 2 is 2.33 bits per heavy atom. The molecule has 0 amide bonds. The van der Waals surface area contributed by atoms with E-state index in [1.165, 1.54) is 19.4 Å². The molecule has 0 aliphatic carbocycles. The fourth-order valence-electron chi connectivity index (χ4n) is 3.17. The molecule has 2 atom stereocenters. The summed E-state index contributed by atoms with van der Waals surface area (Å²) in [5.41, 5.74) is 1.85. The number of hydrogen-bond donors (Lipinski definition) is 0. The quantitative estimate of drug-likeness (QED) is 0.769. The number of aromatic nitrogens is 3. The average Bonchev–Trinajstić information content (AvgIpc) is 2.77. The van der Waals surface area contributed by atoms with Crippen LogP contribution in [0.4, 0.5) is 0 Å². The van der Waals surface area contributed by atoms with Gasteiger partial charge in [0.25, 0.3) is 0 Å². The lowest BCUT2D eigenvalue weighted by molar-refractivity contribution is 0.194. The standard InChI is InChI=1S/C15H20BrClN4/c1-10(17)14-19-13-6-12(16)7-18-15(13)21(14)9-11-4-3-5-20(2)8-11/h6-7,10-11H,3-5,8-9H2,1-2H3. The van der Waals surface area contributed by atoms with Crippen LogP contribution in [-0.2, 0) is 6.54 Å². The zero-order chi connectivity index (χ0) is 15.0. The number of pyridine rings is 1. The highest BCUT2D eigenvalue weighted by atomic mass is 79.9. The average molecular weight is 372 g/mol. The molecule has 0 aromatic carbocycles. The van der Waals surface area contributed by atoms with Gasteiger partial charge in [0.1, 0.15) is 11.3 Å². The van der Waals surface area contributed by atoms with Crippen molar-refractivity contribution in [3.8, 4) is 0 Å². The first-order valence-electron chi connectivity index (χ1n) is 7.39. The Morgan fingerprint density at radius 3 is 3.05 bits per heavy atom. The fraction of sp³-hybridized carbons (Fsp3) is 0.600. The molecule has 0 saturated carbocycles. The zero-order valence-electron chi connectivity index (χ0n) is 12.4. The summed E-state index contributed by atoms with van der Waals surface area (Å²) in [6.45, 7) is 5.25. The molecule has 2 unspecified atom stereocenters. The largest absolute Gasteiger partial charge is 0.311 e. The first-order chi connectivity index (χ1) is 10.0. The Kier molecular flexibility index (Phi) is 4.52. The molecule has 0 N–H and O–H groups in total. The second-order valence-corrected chi connectivity index (χ2v) is 7.53. The van der Waals surface area contributed by atoms with Crippen molar-refractivity contribution in [2.75, 3.05) is 20.1 Å². The lowest BCUT2D eigenvalue weighted by Crippen LogP contribution is -2.34. The van der Waals surface area contributed by atoms with Crippen LogP contribution < -0.4 is 0 Å². The van der Waals surface area contributed by atoms with Crippen LogP contribution in [0.5, 0.6) is 0 Å². The van der Waals surface area contributed by atoms with Gasteiger partial charge in [-0.15, -0.1) is 11.6 Å². The molecule has 114 valence electrons. The first kappa shape index (κ1) is 15.3. The molecule has 2 aromatic rings. The maximum atomic E-state index is 6.33. The van der Waals surface area contributed by atoms with Gasteiger partial charge in [-0.3, -0.25) is 0 Å². The van der Waals surface area contributed by atoms with Crippen molar-refractivity contribution in [1.29, 1.82) is 0 Å². The van der Waals surface area contributed by atoms with Gasteiger partial charge >= 0.3 is 0 Å². The zero-order valence-corrected chi connectivity index (χ0v) is 14.7. The first-order valence-corrected chi connectivity index (χ1v) is 8.62. The molecule has 2 aromatic heterocycles. The summed E-state index contributed by atoms with van der Waals surface area (Å²) in [6.07, 6.45) is 4.35. The third-order valence-corrected chi connectivity index (χ3v) is 4.73. The van der Waals surface area contributed by atoms with E-state index in [-0.39, 0.29) is 5.38 Å². The number of hydrogen-bond acceptors (Lipinski definition) is 3. The van der Waals surface area contributed by atoms with Gasteiger partial charge in [-0.1, -0.05) is 0 Å². The minimum atomic E-state index is -0.112. The van der Waals surface area contributed by atoms with E-state index in [1.807, 2.05) is 19.2 Å².